The molecular formula is C17H24N2O4. The van der Waals surface area contributed by atoms with Gasteiger partial charge in [0.2, 0.25) is 0 Å². The van der Waals surface area contributed by atoms with Crippen LogP contribution in [0.5, 0.6) is 5.75 Å². The van der Waals surface area contributed by atoms with Crippen LogP contribution in [0.4, 0.5) is 0 Å². The van der Waals surface area contributed by atoms with Gasteiger partial charge < -0.3 is 9.47 Å². The molecule has 0 heterocycles. The fourth-order valence-corrected chi connectivity index (χ4v) is 2.18. The van der Waals surface area contributed by atoms with Crippen molar-refractivity contribution in [2.75, 3.05) is 13.2 Å². The number of amides is 1. The van der Waals surface area contributed by atoms with Gasteiger partial charge in [-0.15, -0.1) is 0 Å². The summed E-state index contributed by atoms with van der Waals surface area (Å²) in [5.41, 5.74) is 5.95. The minimum atomic E-state index is -0.382. The highest BCUT2D eigenvalue weighted by Crippen LogP contribution is 2.24. The lowest BCUT2D eigenvalue weighted by Crippen LogP contribution is -2.26. The quantitative estimate of drug-likeness (QED) is 0.475. The Morgan fingerprint density at radius 1 is 1.17 bits per heavy atom. The normalized spacial score (nSPS) is 11.1. The van der Waals surface area contributed by atoms with Gasteiger partial charge in [0.25, 0.3) is 5.91 Å². The van der Waals surface area contributed by atoms with Gasteiger partial charge in [-0.25, -0.2) is 5.43 Å². The number of hydrogen-bond acceptors (Lipinski definition) is 5. The lowest BCUT2D eigenvalue weighted by molar-refractivity contribution is -0.141. The van der Waals surface area contributed by atoms with Crippen LogP contribution in [0.15, 0.2) is 17.2 Å². The number of aryl methyl sites for hydroxylation is 3. The molecule has 0 fully saturated rings. The average Bonchev–Trinajstić information content (AvgIpc) is 2.44. The number of nitrogens with one attached hydrogen (secondary N) is 1. The van der Waals surface area contributed by atoms with Crippen molar-refractivity contribution in [3.05, 3.63) is 28.8 Å². The van der Waals surface area contributed by atoms with Crippen LogP contribution in [0.25, 0.3) is 0 Å². The molecule has 0 aliphatic rings. The predicted molar refractivity (Wildman–Crippen MR) is 88.6 cm³/mol. The molecule has 0 unspecified atom stereocenters. The number of benzene rings is 1. The van der Waals surface area contributed by atoms with E-state index in [4.69, 9.17) is 9.47 Å². The summed E-state index contributed by atoms with van der Waals surface area (Å²) < 4.78 is 10.4. The first kappa shape index (κ1) is 18.7. The summed E-state index contributed by atoms with van der Waals surface area (Å²) in [7, 11) is 0. The van der Waals surface area contributed by atoms with Crippen molar-refractivity contribution >= 4 is 17.6 Å². The van der Waals surface area contributed by atoms with Gasteiger partial charge in [-0.3, -0.25) is 9.59 Å². The van der Waals surface area contributed by atoms with Crippen molar-refractivity contribution in [2.45, 2.75) is 41.0 Å². The third-order valence-electron chi connectivity index (χ3n) is 3.03. The number of nitrogens with zero attached hydrogens (tertiary/aromatic N) is 1. The number of hydrogen-bond donors (Lipinski definition) is 1. The van der Waals surface area contributed by atoms with E-state index in [0.717, 1.165) is 16.7 Å². The van der Waals surface area contributed by atoms with Crippen LogP contribution < -0.4 is 10.2 Å². The molecule has 0 saturated heterocycles. The SMILES string of the molecule is CCOC(=O)C/C(C)=N/NC(=O)COc1c(C)cc(C)cc1C. The van der Waals surface area contributed by atoms with Gasteiger partial charge in [0.1, 0.15) is 5.75 Å². The number of esters is 1. The Morgan fingerprint density at radius 2 is 1.78 bits per heavy atom. The summed E-state index contributed by atoms with van der Waals surface area (Å²) in [4.78, 5) is 23.0. The summed E-state index contributed by atoms with van der Waals surface area (Å²) in [6.07, 6.45) is 0.0468. The lowest BCUT2D eigenvalue weighted by atomic mass is 10.1. The van der Waals surface area contributed by atoms with Crippen LogP contribution in [-0.2, 0) is 14.3 Å². The molecule has 1 aromatic carbocycles. The van der Waals surface area contributed by atoms with Gasteiger partial charge in [-0.2, -0.15) is 5.10 Å². The molecule has 0 spiro atoms. The van der Waals surface area contributed by atoms with Crippen LogP contribution in [-0.4, -0.2) is 30.8 Å². The number of carbonyl (C=O) groups excluding carboxylic acids is 2. The Bertz CT molecular complexity index is 586. The fourth-order valence-electron chi connectivity index (χ4n) is 2.18. The van der Waals surface area contributed by atoms with Crippen LogP contribution in [0.2, 0.25) is 0 Å². The van der Waals surface area contributed by atoms with Gasteiger partial charge in [0.05, 0.1) is 13.0 Å². The molecule has 6 heteroatoms. The van der Waals surface area contributed by atoms with E-state index in [-0.39, 0.29) is 24.9 Å². The number of carbonyl (C=O) groups is 2. The summed E-state index contributed by atoms with van der Waals surface area (Å²) in [6, 6.07) is 4.00. The van der Waals surface area contributed by atoms with Crippen molar-refractivity contribution in [3.63, 3.8) is 0 Å². The molecule has 1 amide bonds. The Labute approximate surface area is 136 Å². The summed E-state index contributed by atoms with van der Waals surface area (Å²) in [6.45, 7) is 9.45. The summed E-state index contributed by atoms with van der Waals surface area (Å²) in [5, 5.41) is 3.85. The van der Waals surface area contributed by atoms with E-state index in [1.165, 1.54) is 0 Å². The molecule has 0 saturated carbocycles. The molecule has 1 N–H and O–H groups in total. The molecule has 23 heavy (non-hydrogen) atoms. The van der Waals surface area contributed by atoms with E-state index in [9.17, 15) is 9.59 Å². The van der Waals surface area contributed by atoms with Crippen molar-refractivity contribution in [1.29, 1.82) is 0 Å². The van der Waals surface area contributed by atoms with Gasteiger partial charge in [0, 0.05) is 5.71 Å². The zero-order valence-corrected chi connectivity index (χ0v) is 14.4. The monoisotopic (exact) mass is 320 g/mol. The highest BCUT2D eigenvalue weighted by molar-refractivity contribution is 5.98. The lowest BCUT2D eigenvalue weighted by Gasteiger charge is -2.12. The van der Waals surface area contributed by atoms with Crippen molar-refractivity contribution in [2.24, 2.45) is 5.10 Å². The second-order valence-electron chi connectivity index (χ2n) is 5.38. The van der Waals surface area contributed by atoms with Crippen LogP contribution in [0, 0.1) is 20.8 Å². The zero-order chi connectivity index (χ0) is 17.4. The maximum absolute atomic E-state index is 11.8. The molecule has 1 rings (SSSR count). The highest BCUT2D eigenvalue weighted by Gasteiger charge is 2.09. The second kappa shape index (κ2) is 8.92. The van der Waals surface area contributed by atoms with Gasteiger partial charge in [-0.05, 0) is 45.7 Å². The van der Waals surface area contributed by atoms with Gasteiger partial charge >= 0.3 is 5.97 Å². The fraction of sp³-hybridized carbons (Fsp3) is 0.471. The Hall–Kier alpha value is -2.37. The molecule has 0 atom stereocenters. The highest BCUT2D eigenvalue weighted by atomic mass is 16.5. The molecule has 0 bridgehead atoms. The number of hydrazone groups is 1. The first-order chi connectivity index (χ1) is 10.8. The first-order valence-corrected chi connectivity index (χ1v) is 7.51. The zero-order valence-electron chi connectivity index (χ0n) is 14.4. The van der Waals surface area contributed by atoms with E-state index >= 15 is 0 Å². The summed E-state index contributed by atoms with van der Waals surface area (Å²) >= 11 is 0. The largest absolute Gasteiger partial charge is 0.483 e. The van der Waals surface area contributed by atoms with Gasteiger partial charge in [-0.1, -0.05) is 17.7 Å². The maximum Gasteiger partial charge on any atom is 0.311 e. The van der Waals surface area contributed by atoms with E-state index in [1.54, 1.807) is 13.8 Å². The topological polar surface area (TPSA) is 77.0 Å². The first-order valence-electron chi connectivity index (χ1n) is 7.51. The van der Waals surface area contributed by atoms with Gasteiger partial charge in [0.15, 0.2) is 6.61 Å². The molecule has 126 valence electrons. The average molecular weight is 320 g/mol. The molecule has 0 aromatic heterocycles. The van der Waals surface area contributed by atoms with Crippen LogP contribution >= 0.6 is 0 Å². The van der Waals surface area contributed by atoms with E-state index in [1.807, 2.05) is 32.9 Å². The Balaban J connectivity index is 2.50. The standard InChI is InChI=1S/C17H24N2O4/c1-6-22-16(21)9-14(5)18-19-15(20)10-23-17-12(3)7-11(2)8-13(17)4/h7-8H,6,9-10H2,1-5H3,(H,19,20)/b18-14+. The third-order valence-corrected chi connectivity index (χ3v) is 3.03. The molecule has 6 nitrogen and oxygen atoms in total. The van der Waals surface area contributed by atoms with E-state index < -0.39 is 0 Å². The van der Waals surface area contributed by atoms with E-state index in [0.29, 0.717) is 18.1 Å². The van der Waals surface area contributed by atoms with Crippen molar-refractivity contribution in [1.82, 2.24) is 5.43 Å². The van der Waals surface area contributed by atoms with Crippen LogP contribution in [0.3, 0.4) is 0 Å². The van der Waals surface area contributed by atoms with Crippen molar-refractivity contribution in [3.8, 4) is 5.75 Å². The molecular weight excluding hydrogens is 296 g/mol. The second-order valence-corrected chi connectivity index (χ2v) is 5.38. The maximum atomic E-state index is 11.8. The molecule has 1 aromatic rings. The molecule has 0 aliphatic carbocycles. The molecule has 0 aliphatic heterocycles. The summed E-state index contributed by atoms with van der Waals surface area (Å²) in [5.74, 6) is -0.0456. The number of rotatable bonds is 7. The van der Waals surface area contributed by atoms with E-state index in [2.05, 4.69) is 10.5 Å². The third kappa shape index (κ3) is 6.50. The number of ether oxygens (including phenoxy) is 2. The Morgan fingerprint density at radius 3 is 2.35 bits per heavy atom. The van der Waals surface area contributed by atoms with Crippen molar-refractivity contribution < 1.29 is 19.1 Å². The smallest absolute Gasteiger partial charge is 0.311 e. The Kier molecular flexibility index (Phi) is 7.25. The minimum absolute atomic E-state index is 0.0468. The molecule has 0 radical (unpaired) electrons. The predicted octanol–water partition coefficient (Wildman–Crippen LogP) is 2.44. The minimum Gasteiger partial charge on any atom is -0.483 e. The van der Waals surface area contributed by atoms with Crippen LogP contribution in [0.1, 0.15) is 37.0 Å².